The van der Waals surface area contributed by atoms with Gasteiger partial charge in [-0.1, -0.05) is 0 Å². The van der Waals surface area contributed by atoms with Crippen LogP contribution in [0.4, 0.5) is 8.92 Å². The summed E-state index contributed by atoms with van der Waals surface area (Å²) in [5.41, 5.74) is 0. The summed E-state index contributed by atoms with van der Waals surface area (Å²) >= 11 is 4.88. The third-order valence-corrected chi connectivity index (χ3v) is 1.12. The molecular weight excluding hydrogens is 169 g/mol. The Kier molecular flexibility index (Phi) is 3.87. The Hall–Kier alpha value is -0.710. The molecule has 0 heterocycles. The first-order chi connectivity index (χ1) is 4.63. The minimum Gasteiger partial charge on any atom is -0.294 e. The molecule has 3 nitrogen and oxygen atoms in total. The topological polar surface area (TPSA) is 43.4 Å². The molecule has 0 saturated heterocycles. The second-order valence-electron chi connectivity index (χ2n) is 1.36. The van der Waals surface area contributed by atoms with Gasteiger partial charge in [-0.3, -0.25) is 9.74 Å². The maximum absolute atomic E-state index is 11.4. The van der Waals surface area contributed by atoms with Crippen molar-refractivity contribution in [3.05, 3.63) is 0 Å². The lowest BCUT2D eigenvalue weighted by Crippen LogP contribution is -2.26. The van der Waals surface area contributed by atoms with Gasteiger partial charge in [0, 0.05) is 4.53 Å². The number of alkyl halides is 2. The molecule has 6 heteroatoms. The Balaban J connectivity index is 3.94. The van der Waals surface area contributed by atoms with Gasteiger partial charge in [-0.15, -0.1) is 11.6 Å². The third-order valence-electron chi connectivity index (χ3n) is 0.697. The van der Waals surface area contributed by atoms with Crippen molar-refractivity contribution in [3.63, 3.8) is 0 Å². The minimum atomic E-state index is -1.88. The molecule has 0 saturated carbocycles. The van der Waals surface area contributed by atoms with Crippen LogP contribution in [0.3, 0.4) is 0 Å². The quantitative estimate of drug-likeness (QED) is 0.462. The van der Waals surface area contributed by atoms with Crippen LogP contribution in [0.5, 0.6) is 0 Å². The van der Waals surface area contributed by atoms with Crippen molar-refractivity contribution in [2.45, 2.75) is 5.38 Å². The Morgan fingerprint density at radius 1 is 1.60 bits per heavy atom. The number of rotatable bonds is 3. The van der Waals surface area contributed by atoms with Crippen molar-refractivity contribution < 1.29 is 23.4 Å². The van der Waals surface area contributed by atoms with Crippen molar-refractivity contribution in [2.24, 2.45) is 0 Å². The normalized spacial score (nSPS) is 12.3. The smallest absolute Gasteiger partial charge is 0.294 e. The standard InChI is InChI=1S/C4H3ClF2O3/c5-3(2(8)1-6)4(9)10-7/h3H,1H2. The molecule has 0 aromatic rings. The molecule has 0 aromatic heterocycles. The van der Waals surface area contributed by atoms with Crippen molar-refractivity contribution in [3.8, 4) is 0 Å². The minimum absolute atomic E-state index is 1.22. The van der Waals surface area contributed by atoms with E-state index in [0.29, 0.717) is 0 Å². The third kappa shape index (κ3) is 2.26. The molecule has 1 unspecified atom stereocenters. The fraction of sp³-hybridized carbons (Fsp3) is 0.500. The molecule has 0 rings (SSSR count). The van der Waals surface area contributed by atoms with Gasteiger partial charge >= 0.3 is 5.97 Å². The summed E-state index contributed by atoms with van der Waals surface area (Å²) in [4.78, 5) is 22.7. The van der Waals surface area contributed by atoms with E-state index in [1.165, 1.54) is 0 Å². The van der Waals surface area contributed by atoms with Crippen LogP contribution in [0.2, 0.25) is 0 Å². The van der Waals surface area contributed by atoms with E-state index in [0.717, 1.165) is 0 Å². The second kappa shape index (κ2) is 4.16. The molecule has 0 spiro atoms. The Bertz CT molecular complexity index is 133. The fourth-order valence-electron chi connectivity index (χ4n) is 0.238. The molecule has 0 radical (unpaired) electrons. The summed E-state index contributed by atoms with van der Waals surface area (Å²) in [7, 11) is 0. The van der Waals surface area contributed by atoms with E-state index >= 15 is 0 Å². The van der Waals surface area contributed by atoms with Gasteiger partial charge in [0.1, 0.15) is 6.67 Å². The van der Waals surface area contributed by atoms with Crippen LogP contribution >= 0.6 is 11.6 Å². The summed E-state index contributed by atoms with van der Waals surface area (Å²) in [6.45, 7) is -1.41. The number of carbonyl (C=O) groups is 2. The van der Waals surface area contributed by atoms with Gasteiger partial charge in [-0.05, 0) is 0 Å². The molecule has 0 aromatic carbocycles. The zero-order valence-corrected chi connectivity index (χ0v) is 5.40. The predicted molar refractivity (Wildman–Crippen MR) is 27.8 cm³/mol. The van der Waals surface area contributed by atoms with Gasteiger partial charge in [0.05, 0.1) is 0 Å². The monoisotopic (exact) mass is 172 g/mol. The molecule has 0 aliphatic heterocycles. The number of hydrogen-bond donors (Lipinski definition) is 0. The second-order valence-corrected chi connectivity index (χ2v) is 1.80. The molecular formula is C4H3ClF2O3. The largest absolute Gasteiger partial charge is 0.374 e. The number of carbonyl (C=O) groups excluding carboxylic acids is 2. The lowest BCUT2D eigenvalue weighted by molar-refractivity contribution is -0.183. The van der Waals surface area contributed by atoms with Gasteiger partial charge in [0.2, 0.25) is 0 Å². The van der Waals surface area contributed by atoms with Gasteiger partial charge in [-0.25, -0.2) is 9.18 Å². The number of Topliss-reactive ketones (excluding diaryl/α,β-unsaturated/α-hetero) is 1. The molecule has 10 heavy (non-hydrogen) atoms. The lowest BCUT2D eigenvalue weighted by atomic mass is 10.3. The summed E-state index contributed by atoms with van der Waals surface area (Å²) in [5.74, 6) is -2.81. The van der Waals surface area contributed by atoms with Crippen LogP contribution in [0.25, 0.3) is 0 Å². The van der Waals surface area contributed by atoms with E-state index in [-0.39, 0.29) is 0 Å². The van der Waals surface area contributed by atoms with E-state index in [2.05, 4.69) is 4.94 Å². The first-order valence-electron chi connectivity index (χ1n) is 2.18. The van der Waals surface area contributed by atoms with E-state index < -0.39 is 23.8 Å². The van der Waals surface area contributed by atoms with Gasteiger partial charge in [0.15, 0.2) is 11.2 Å². The highest BCUT2D eigenvalue weighted by Gasteiger charge is 2.25. The zero-order chi connectivity index (χ0) is 8.15. The highest BCUT2D eigenvalue weighted by Crippen LogP contribution is 2.01. The van der Waals surface area contributed by atoms with Crippen molar-refractivity contribution >= 4 is 23.4 Å². The van der Waals surface area contributed by atoms with Crippen LogP contribution in [0.15, 0.2) is 0 Å². The van der Waals surface area contributed by atoms with Crippen molar-refractivity contribution in [1.82, 2.24) is 0 Å². The summed E-state index contributed by atoms with van der Waals surface area (Å²) in [6, 6.07) is 0. The van der Waals surface area contributed by atoms with Crippen LogP contribution in [0, 0.1) is 0 Å². The van der Waals surface area contributed by atoms with Crippen LogP contribution in [-0.2, 0) is 14.5 Å². The van der Waals surface area contributed by atoms with E-state index in [4.69, 9.17) is 11.6 Å². The highest BCUT2D eigenvalue weighted by atomic mass is 35.5. The Morgan fingerprint density at radius 3 is 2.40 bits per heavy atom. The van der Waals surface area contributed by atoms with Crippen LogP contribution in [0.1, 0.15) is 0 Å². The summed E-state index contributed by atoms with van der Waals surface area (Å²) < 4.78 is 22.3. The summed E-state index contributed by atoms with van der Waals surface area (Å²) in [5, 5.41) is -1.88. The number of ketones is 1. The van der Waals surface area contributed by atoms with E-state index in [9.17, 15) is 18.5 Å². The average molecular weight is 173 g/mol. The van der Waals surface area contributed by atoms with Crippen molar-refractivity contribution in [1.29, 1.82) is 0 Å². The molecule has 0 bridgehead atoms. The molecule has 0 fully saturated rings. The molecule has 1 atom stereocenters. The van der Waals surface area contributed by atoms with Gasteiger partial charge in [-0.2, -0.15) is 0 Å². The Morgan fingerprint density at radius 2 is 2.10 bits per heavy atom. The van der Waals surface area contributed by atoms with Crippen LogP contribution in [-0.4, -0.2) is 23.8 Å². The van der Waals surface area contributed by atoms with Crippen LogP contribution < -0.4 is 0 Å². The van der Waals surface area contributed by atoms with E-state index in [1.807, 2.05) is 0 Å². The Labute approximate surface area is 59.8 Å². The number of hydrogen-bond acceptors (Lipinski definition) is 3. The molecule has 0 aliphatic rings. The van der Waals surface area contributed by atoms with Gasteiger partial charge < -0.3 is 0 Å². The first-order valence-corrected chi connectivity index (χ1v) is 2.62. The highest BCUT2D eigenvalue weighted by molar-refractivity contribution is 6.41. The SMILES string of the molecule is O=C(CF)C(Cl)C(=O)OF. The molecule has 0 aliphatic carbocycles. The maximum Gasteiger partial charge on any atom is 0.374 e. The zero-order valence-electron chi connectivity index (χ0n) is 4.64. The van der Waals surface area contributed by atoms with Gasteiger partial charge in [0.25, 0.3) is 0 Å². The average Bonchev–Trinajstić information content (AvgIpc) is 2.00. The number of halogens is 3. The summed E-state index contributed by atoms with van der Waals surface area (Å²) in [6.07, 6.45) is 0. The lowest BCUT2D eigenvalue weighted by Gasteiger charge is -1.97. The van der Waals surface area contributed by atoms with Crippen molar-refractivity contribution in [2.75, 3.05) is 6.67 Å². The molecule has 58 valence electrons. The fourth-order valence-corrected chi connectivity index (χ4v) is 0.330. The van der Waals surface area contributed by atoms with E-state index in [1.54, 1.807) is 0 Å². The first kappa shape index (κ1) is 9.29. The maximum atomic E-state index is 11.4. The molecule has 0 N–H and O–H groups in total. The molecule has 0 amide bonds. The predicted octanol–water partition coefficient (Wildman–Crippen LogP) is 0.560.